The first kappa shape index (κ1) is 24.9. The van der Waals surface area contributed by atoms with Crippen molar-refractivity contribution in [3.8, 4) is 17.2 Å². The molecule has 1 heterocycles. The molecule has 7 nitrogen and oxygen atoms in total. The third kappa shape index (κ3) is 5.32. The van der Waals surface area contributed by atoms with Crippen molar-refractivity contribution in [1.82, 2.24) is 4.98 Å². The van der Waals surface area contributed by atoms with Gasteiger partial charge in [-0.1, -0.05) is 56.3 Å². The molecule has 7 heteroatoms. The largest absolute Gasteiger partial charge is 0.502 e. The number of oxazole rings is 1. The van der Waals surface area contributed by atoms with Gasteiger partial charge in [-0.2, -0.15) is 0 Å². The molecule has 0 fully saturated rings. The second kappa shape index (κ2) is 10.7. The van der Waals surface area contributed by atoms with Crippen LogP contribution in [0.3, 0.4) is 0 Å². The summed E-state index contributed by atoms with van der Waals surface area (Å²) >= 11 is 0. The number of nitro groups is 1. The fourth-order valence-electron chi connectivity index (χ4n) is 4.35. The van der Waals surface area contributed by atoms with E-state index in [1.165, 1.54) is 17.8 Å². The second-order valence-electron chi connectivity index (χ2n) is 9.34. The lowest BCUT2D eigenvalue weighted by atomic mass is 9.98. The number of hydrogen-bond donors (Lipinski definition) is 1. The standard InChI is InChI=1S/C31H27N3O4/c1-3-20(2)23-12-13-29-27(18-23)33-31(38-29)24-10-7-11-26(17-24)32-19-25-15-22(14-21-8-5-4-6-9-21)16-28(30(25)35)34(36)37/h4-13,15-20,35H,3,14H2,1-2H3/t20-/m1/s1. The minimum atomic E-state index is -0.582. The Bertz CT molecular complexity index is 1640. The van der Waals surface area contributed by atoms with Gasteiger partial charge in [0.15, 0.2) is 5.58 Å². The molecule has 38 heavy (non-hydrogen) atoms. The summed E-state index contributed by atoms with van der Waals surface area (Å²) in [5.74, 6) is 0.514. The monoisotopic (exact) mass is 505 g/mol. The Morgan fingerprint density at radius 2 is 1.84 bits per heavy atom. The Hall–Kier alpha value is -4.78. The Labute approximate surface area is 220 Å². The third-order valence-electron chi connectivity index (χ3n) is 6.67. The maximum Gasteiger partial charge on any atom is 0.311 e. The molecule has 0 saturated heterocycles. The van der Waals surface area contributed by atoms with Gasteiger partial charge in [-0.25, -0.2) is 4.98 Å². The average Bonchev–Trinajstić information content (AvgIpc) is 3.37. The van der Waals surface area contributed by atoms with Gasteiger partial charge >= 0.3 is 5.69 Å². The number of nitro benzene ring substituents is 1. The molecule has 0 radical (unpaired) electrons. The van der Waals surface area contributed by atoms with Crippen molar-refractivity contribution < 1.29 is 14.4 Å². The summed E-state index contributed by atoms with van der Waals surface area (Å²) in [6.45, 7) is 4.35. The van der Waals surface area contributed by atoms with Crippen LogP contribution < -0.4 is 0 Å². The molecule has 4 aromatic carbocycles. The Balaban J connectivity index is 1.45. The lowest BCUT2D eigenvalue weighted by molar-refractivity contribution is -0.385. The number of nitrogens with zero attached hydrogens (tertiary/aromatic N) is 3. The highest BCUT2D eigenvalue weighted by Crippen LogP contribution is 2.33. The topological polar surface area (TPSA) is 102 Å². The summed E-state index contributed by atoms with van der Waals surface area (Å²) in [6.07, 6.45) is 2.99. The molecule has 5 aromatic rings. The Kier molecular flexibility index (Phi) is 7.00. The maximum absolute atomic E-state index is 11.6. The quantitative estimate of drug-likeness (QED) is 0.131. The fraction of sp³-hybridized carbons (Fsp3) is 0.161. The molecule has 0 amide bonds. The predicted molar refractivity (Wildman–Crippen MR) is 149 cm³/mol. The molecule has 1 aromatic heterocycles. The second-order valence-corrected chi connectivity index (χ2v) is 9.34. The van der Waals surface area contributed by atoms with Crippen LogP contribution in [0, 0.1) is 10.1 Å². The van der Waals surface area contributed by atoms with Gasteiger partial charge in [0.2, 0.25) is 11.6 Å². The van der Waals surface area contributed by atoms with Crippen molar-refractivity contribution in [3.63, 3.8) is 0 Å². The van der Waals surface area contributed by atoms with Gasteiger partial charge in [0.1, 0.15) is 5.52 Å². The SMILES string of the molecule is CC[C@@H](C)c1ccc2oc(-c3cccc(N=Cc4cc(Cc5ccccc5)cc([N+](=O)[O-])c4O)c3)nc2c1. The van der Waals surface area contributed by atoms with E-state index in [1.54, 1.807) is 6.07 Å². The van der Waals surface area contributed by atoms with Crippen LogP contribution in [0.1, 0.15) is 48.4 Å². The third-order valence-corrected chi connectivity index (χ3v) is 6.67. The first-order valence-electron chi connectivity index (χ1n) is 12.5. The van der Waals surface area contributed by atoms with Crippen LogP contribution >= 0.6 is 0 Å². The number of rotatable bonds is 8. The van der Waals surface area contributed by atoms with E-state index in [-0.39, 0.29) is 11.3 Å². The summed E-state index contributed by atoms with van der Waals surface area (Å²) in [5.41, 5.74) is 5.74. The number of aromatic nitrogens is 1. The molecule has 190 valence electrons. The predicted octanol–water partition coefficient (Wildman–Crippen LogP) is 7.96. The molecular formula is C31H27N3O4. The maximum atomic E-state index is 11.6. The zero-order chi connectivity index (χ0) is 26.6. The number of hydrogen-bond acceptors (Lipinski definition) is 6. The number of phenolic OH excluding ortho intramolecular Hbond substituents is 1. The van der Waals surface area contributed by atoms with E-state index in [0.717, 1.165) is 23.1 Å². The number of phenols is 1. The molecule has 0 aliphatic rings. The molecule has 0 unspecified atom stereocenters. The van der Waals surface area contributed by atoms with Crippen LogP contribution in [0.4, 0.5) is 11.4 Å². The minimum absolute atomic E-state index is 0.273. The van der Waals surface area contributed by atoms with Crippen LogP contribution in [0.15, 0.2) is 94.3 Å². The molecule has 5 rings (SSSR count). The van der Waals surface area contributed by atoms with Crippen molar-refractivity contribution in [2.24, 2.45) is 4.99 Å². The molecule has 0 saturated carbocycles. The zero-order valence-corrected chi connectivity index (χ0v) is 21.2. The van der Waals surface area contributed by atoms with Gasteiger partial charge in [-0.05, 0) is 71.8 Å². The normalized spacial score (nSPS) is 12.3. The Morgan fingerprint density at radius 3 is 2.61 bits per heavy atom. The van der Waals surface area contributed by atoms with Crippen molar-refractivity contribution in [2.75, 3.05) is 0 Å². The van der Waals surface area contributed by atoms with Gasteiger partial charge in [0, 0.05) is 23.4 Å². The number of fused-ring (bicyclic) bond motifs is 1. The molecule has 1 atom stereocenters. The van der Waals surface area contributed by atoms with Crippen LogP contribution in [0.2, 0.25) is 0 Å². The van der Waals surface area contributed by atoms with Gasteiger partial charge in [-0.3, -0.25) is 15.1 Å². The van der Waals surface area contributed by atoms with Crippen molar-refractivity contribution in [2.45, 2.75) is 32.6 Å². The zero-order valence-electron chi connectivity index (χ0n) is 21.2. The highest BCUT2D eigenvalue weighted by atomic mass is 16.6. The molecule has 0 bridgehead atoms. The van der Waals surface area contributed by atoms with Crippen molar-refractivity contribution >= 4 is 28.7 Å². The van der Waals surface area contributed by atoms with Crippen LogP contribution in [0.5, 0.6) is 5.75 Å². The first-order chi connectivity index (χ1) is 18.4. The van der Waals surface area contributed by atoms with E-state index in [2.05, 4.69) is 36.0 Å². The average molecular weight is 506 g/mol. The number of aliphatic imine (C=N–C) groups is 1. The summed E-state index contributed by atoms with van der Waals surface area (Å²) in [4.78, 5) is 20.2. The van der Waals surface area contributed by atoms with E-state index in [4.69, 9.17) is 4.42 Å². The van der Waals surface area contributed by atoms with Crippen LogP contribution in [-0.2, 0) is 6.42 Å². The smallest absolute Gasteiger partial charge is 0.311 e. The highest BCUT2D eigenvalue weighted by molar-refractivity contribution is 5.88. The van der Waals surface area contributed by atoms with Gasteiger partial charge in [0.25, 0.3) is 0 Å². The first-order valence-corrected chi connectivity index (χ1v) is 12.5. The van der Waals surface area contributed by atoms with Gasteiger partial charge < -0.3 is 9.52 Å². The van der Waals surface area contributed by atoms with E-state index in [0.29, 0.717) is 35.1 Å². The molecule has 0 aliphatic carbocycles. The van der Waals surface area contributed by atoms with Crippen molar-refractivity contribution in [1.29, 1.82) is 0 Å². The summed E-state index contributed by atoms with van der Waals surface area (Å²) in [7, 11) is 0. The summed E-state index contributed by atoms with van der Waals surface area (Å²) < 4.78 is 6.00. The number of aromatic hydroxyl groups is 1. The lowest BCUT2D eigenvalue weighted by Crippen LogP contribution is -1.97. The Morgan fingerprint density at radius 1 is 1.03 bits per heavy atom. The van der Waals surface area contributed by atoms with E-state index in [9.17, 15) is 15.2 Å². The van der Waals surface area contributed by atoms with E-state index in [1.807, 2.05) is 60.7 Å². The summed E-state index contributed by atoms with van der Waals surface area (Å²) in [6, 6.07) is 26.2. The van der Waals surface area contributed by atoms with Crippen LogP contribution in [-0.4, -0.2) is 21.2 Å². The van der Waals surface area contributed by atoms with Crippen LogP contribution in [0.25, 0.3) is 22.6 Å². The lowest BCUT2D eigenvalue weighted by Gasteiger charge is -2.07. The number of benzene rings is 4. The molecule has 0 aliphatic heterocycles. The van der Waals surface area contributed by atoms with E-state index >= 15 is 0 Å². The summed E-state index contributed by atoms with van der Waals surface area (Å²) in [5, 5.41) is 22.1. The van der Waals surface area contributed by atoms with Gasteiger partial charge in [0.05, 0.1) is 10.6 Å². The van der Waals surface area contributed by atoms with Crippen molar-refractivity contribution in [3.05, 3.63) is 117 Å². The minimum Gasteiger partial charge on any atom is -0.502 e. The van der Waals surface area contributed by atoms with Gasteiger partial charge in [-0.15, -0.1) is 0 Å². The molecule has 1 N–H and O–H groups in total. The van der Waals surface area contributed by atoms with E-state index < -0.39 is 10.7 Å². The highest BCUT2D eigenvalue weighted by Gasteiger charge is 2.19. The molecular weight excluding hydrogens is 478 g/mol. The molecule has 0 spiro atoms. The fourth-order valence-corrected chi connectivity index (χ4v) is 4.35.